The van der Waals surface area contributed by atoms with Crippen LogP contribution in [0.1, 0.15) is 43.5 Å². The highest BCUT2D eigenvalue weighted by atomic mass is 35.5. The number of halogens is 2. The van der Waals surface area contributed by atoms with Crippen LogP contribution in [0.25, 0.3) is 11.4 Å². The summed E-state index contributed by atoms with van der Waals surface area (Å²) in [4.78, 5) is 47.1. The second-order valence-electron chi connectivity index (χ2n) is 8.69. The normalized spacial score (nSPS) is 10.9. The number of hydrogen-bond acceptors (Lipinski definition) is 10. The number of benzene rings is 2. The van der Waals surface area contributed by atoms with Crippen LogP contribution in [0.4, 0.5) is 11.4 Å². The van der Waals surface area contributed by atoms with Crippen molar-refractivity contribution in [3.63, 3.8) is 0 Å². The van der Waals surface area contributed by atoms with E-state index < -0.39 is 28.6 Å². The van der Waals surface area contributed by atoms with Gasteiger partial charge in [0.05, 0.1) is 42.4 Å². The fourth-order valence-electron chi connectivity index (χ4n) is 4.20. The van der Waals surface area contributed by atoms with Gasteiger partial charge in [-0.25, -0.2) is 19.0 Å². The maximum absolute atomic E-state index is 12.7. The molecule has 0 spiro atoms. The molecule has 0 radical (unpaired) electrons. The number of hydrogen-bond donors (Lipinski definition) is 0. The van der Waals surface area contributed by atoms with Crippen LogP contribution in [-0.4, -0.2) is 48.1 Å². The van der Waals surface area contributed by atoms with E-state index in [1.165, 1.54) is 73.5 Å². The number of nitro groups is 2. The lowest BCUT2D eigenvalue weighted by Crippen LogP contribution is -2.14. The molecule has 0 N–H and O–H groups in total. The van der Waals surface area contributed by atoms with Gasteiger partial charge in [-0.05, 0) is 64.1 Å². The number of nitrogens with zero attached hydrogens (tertiary/aromatic N) is 6. The Hall–Kier alpha value is -4.82. The smallest absolute Gasteiger partial charge is 0.342 e. The van der Waals surface area contributed by atoms with E-state index in [-0.39, 0.29) is 55.3 Å². The molecule has 0 saturated carbocycles. The van der Waals surface area contributed by atoms with E-state index >= 15 is 0 Å². The van der Waals surface area contributed by atoms with E-state index in [9.17, 15) is 29.8 Å². The zero-order valence-electron chi connectivity index (χ0n) is 21.9. The molecule has 41 heavy (non-hydrogen) atoms. The Morgan fingerprint density at radius 3 is 1.44 bits per heavy atom. The van der Waals surface area contributed by atoms with Crippen LogP contribution in [0.3, 0.4) is 0 Å². The largest absolute Gasteiger partial charge is 0.424 e. The number of aromatic nitrogens is 4. The van der Waals surface area contributed by atoms with Gasteiger partial charge >= 0.3 is 23.3 Å². The zero-order chi connectivity index (χ0) is 30.2. The van der Waals surface area contributed by atoms with Crippen molar-refractivity contribution in [1.29, 1.82) is 0 Å². The molecule has 0 aliphatic rings. The first-order valence-electron chi connectivity index (χ1n) is 11.7. The monoisotopic (exact) mass is 602 g/mol. The van der Waals surface area contributed by atoms with Crippen LogP contribution in [0.5, 0.6) is 0 Å². The maximum Gasteiger partial charge on any atom is 0.342 e. The number of ether oxygens (including phenoxy) is 2. The van der Waals surface area contributed by atoms with Gasteiger partial charge < -0.3 is 9.47 Å². The number of carbonyl (C=O) groups excluding carboxylic acids is 2. The van der Waals surface area contributed by atoms with Crippen LogP contribution >= 0.6 is 23.2 Å². The third-order valence-corrected chi connectivity index (χ3v) is 6.74. The molecule has 0 amide bonds. The van der Waals surface area contributed by atoms with Crippen molar-refractivity contribution >= 4 is 46.5 Å². The van der Waals surface area contributed by atoms with Gasteiger partial charge in [0.2, 0.25) is 6.79 Å². The fourth-order valence-corrected chi connectivity index (χ4v) is 4.58. The summed E-state index contributed by atoms with van der Waals surface area (Å²) in [5, 5.41) is 31.1. The molecule has 2 aromatic carbocycles. The molecule has 16 heteroatoms. The zero-order valence-corrected chi connectivity index (χ0v) is 23.4. The summed E-state index contributed by atoms with van der Waals surface area (Å²) >= 11 is 12.3. The molecule has 0 aliphatic heterocycles. The Kier molecular flexibility index (Phi) is 8.07. The van der Waals surface area contributed by atoms with Crippen LogP contribution in [0.15, 0.2) is 36.4 Å². The summed E-state index contributed by atoms with van der Waals surface area (Å²) in [5.41, 5.74) is 1.01. The molecule has 0 fully saturated rings. The highest BCUT2D eigenvalue weighted by Crippen LogP contribution is 2.29. The molecule has 0 atom stereocenters. The van der Waals surface area contributed by atoms with E-state index in [0.29, 0.717) is 11.4 Å². The first-order valence-corrected chi connectivity index (χ1v) is 12.4. The SMILES string of the molecule is Cc1nn(-c2ccc(Cl)c(C(=O)OCOC(=O)c3cc(-n4nc(C)c([N+](=O)[O-])c4C)ccc3Cl)c2)c(C)c1[N+](=O)[O-]. The Labute approximate surface area is 241 Å². The number of carbonyl (C=O) groups is 2. The van der Waals surface area contributed by atoms with Gasteiger partial charge in [0, 0.05) is 0 Å². The molecule has 0 bridgehead atoms. The lowest BCUT2D eigenvalue weighted by Gasteiger charge is -2.11. The summed E-state index contributed by atoms with van der Waals surface area (Å²) in [7, 11) is 0. The van der Waals surface area contributed by atoms with Gasteiger partial charge in [0.25, 0.3) is 0 Å². The average Bonchev–Trinajstić information content (AvgIpc) is 3.38. The second-order valence-corrected chi connectivity index (χ2v) is 9.50. The van der Waals surface area contributed by atoms with Crippen molar-refractivity contribution in [2.75, 3.05) is 6.79 Å². The van der Waals surface area contributed by atoms with Gasteiger partial charge in [-0.1, -0.05) is 23.2 Å². The minimum absolute atomic E-state index is 0.0239. The van der Waals surface area contributed by atoms with Gasteiger partial charge in [-0.2, -0.15) is 10.2 Å². The third kappa shape index (κ3) is 5.60. The maximum atomic E-state index is 12.7. The molecule has 0 unspecified atom stereocenters. The first kappa shape index (κ1) is 29.2. The Morgan fingerprint density at radius 1 is 0.756 bits per heavy atom. The average molecular weight is 603 g/mol. The van der Waals surface area contributed by atoms with Gasteiger partial charge in [0.15, 0.2) is 0 Å². The Bertz CT molecular complexity index is 1620. The van der Waals surface area contributed by atoms with E-state index in [1.54, 1.807) is 0 Å². The topological polar surface area (TPSA) is 175 Å². The van der Waals surface area contributed by atoms with Crippen LogP contribution < -0.4 is 0 Å². The van der Waals surface area contributed by atoms with E-state index in [0.717, 1.165) is 0 Å². The Balaban J connectivity index is 1.49. The predicted molar refractivity (Wildman–Crippen MR) is 145 cm³/mol. The molecular formula is C25H20Cl2N6O8. The van der Waals surface area contributed by atoms with Gasteiger partial charge in [0.1, 0.15) is 22.8 Å². The Morgan fingerprint density at radius 2 is 1.12 bits per heavy atom. The predicted octanol–water partition coefficient (Wildman–Crippen LogP) is 5.39. The van der Waals surface area contributed by atoms with Crippen molar-refractivity contribution in [3.8, 4) is 11.4 Å². The number of esters is 2. The minimum Gasteiger partial charge on any atom is -0.424 e. The summed E-state index contributed by atoms with van der Waals surface area (Å²) in [6.45, 7) is 5.21. The van der Waals surface area contributed by atoms with Crippen molar-refractivity contribution in [1.82, 2.24) is 19.6 Å². The van der Waals surface area contributed by atoms with E-state index in [1.807, 2.05) is 0 Å². The molecule has 2 heterocycles. The first-order chi connectivity index (χ1) is 19.3. The summed E-state index contributed by atoms with van der Waals surface area (Å²) in [5.74, 6) is -1.87. The molecule has 4 aromatic rings. The lowest BCUT2D eigenvalue weighted by molar-refractivity contribution is -0.386. The highest BCUT2D eigenvalue weighted by Gasteiger charge is 2.25. The van der Waals surface area contributed by atoms with E-state index in [2.05, 4.69) is 10.2 Å². The highest BCUT2D eigenvalue weighted by molar-refractivity contribution is 6.34. The van der Waals surface area contributed by atoms with E-state index in [4.69, 9.17) is 32.7 Å². The molecule has 212 valence electrons. The quantitative estimate of drug-likeness (QED) is 0.110. The van der Waals surface area contributed by atoms with Crippen LogP contribution in [-0.2, 0) is 9.47 Å². The van der Waals surface area contributed by atoms with Crippen LogP contribution in [0.2, 0.25) is 10.0 Å². The molecule has 14 nitrogen and oxygen atoms in total. The number of rotatable bonds is 8. The van der Waals surface area contributed by atoms with Crippen molar-refractivity contribution in [3.05, 3.63) is 101 Å². The van der Waals surface area contributed by atoms with Gasteiger partial charge in [-0.15, -0.1) is 0 Å². The lowest BCUT2D eigenvalue weighted by atomic mass is 10.2. The molecular weight excluding hydrogens is 583 g/mol. The summed E-state index contributed by atoms with van der Waals surface area (Å²) in [6.07, 6.45) is 0. The van der Waals surface area contributed by atoms with Crippen molar-refractivity contribution < 1.29 is 28.9 Å². The summed E-state index contributed by atoms with van der Waals surface area (Å²) in [6, 6.07) is 8.52. The third-order valence-electron chi connectivity index (χ3n) is 6.08. The minimum atomic E-state index is -0.935. The second kappa shape index (κ2) is 11.3. The molecule has 0 aliphatic carbocycles. The summed E-state index contributed by atoms with van der Waals surface area (Å²) < 4.78 is 12.7. The van der Waals surface area contributed by atoms with Crippen molar-refractivity contribution in [2.24, 2.45) is 0 Å². The number of aryl methyl sites for hydroxylation is 2. The molecule has 2 aromatic heterocycles. The fraction of sp³-hybridized carbons (Fsp3) is 0.200. The molecule has 4 rings (SSSR count). The van der Waals surface area contributed by atoms with Crippen molar-refractivity contribution in [2.45, 2.75) is 27.7 Å². The molecule has 0 saturated heterocycles. The van der Waals surface area contributed by atoms with Gasteiger partial charge in [-0.3, -0.25) is 20.2 Å². The van der Waals surface area contributed by atoms with Crippen LogP contribution in [0, 0.1) is 47.9 Å². The standard InChI is InChI=1S/C25H20Cl2N6O8/c1-12-22(32(36)37)14(3)30(28-12)16-5-7-20(26)18(9-16)24(34)40-11-41-25(35)19-10-17(6-8-21(19)27)31-15(4)23(33(38)39)13(2)29-31/h5-10H,11H2,1-4H3.